The Kier molecular flexibility index (Phi) is 6.72. The third-order valence-electron chi connectivity index (χ3n) is 3.10. The molecule has 0 fully saturated rings. The largest absolute Gasteiger partial charge is 0.497 e. The van der Waals surface area contributed by atoms with Crippen molar-refractivity contribution >= 4 is 5.91 Å². The average Bonchev–Trinajstić information content (AvgIpc) is 2.42. The van der Waals surface area contributed by atoms with Crippen LogP contribution >= 0.6 is 0 Å². The molecule has 3 heteroatoms. The van der Waals surface area contributed by atoms with Crippen LogP contribution in [0.15, 0.2) is 36.9 Å². The molecule has 0 bridgehead atoms. The Labute approximate surface area is 115 Å². The molecule has 0 radical (unpaired) electrons. The fraction of sp³-hybridized carbons (Fsp3) is 0.438. The lowest BCUT2D eigenvalue weighted by molar-refractivity contribution is -0.128. The third kappa shape index (κ3) is 5.60. The predicted molar refractivity (Wildman–Crippen MR) is 78.4 cm³/mol. The minimum absolute atomic E-state index is 0.115. The van der Waals surface area contributed by atoms with Gasteiger partial charge in [0, 0.05) is 20.0 Å². The summed E-state index contributed by atoms with van der Waals surface area (Å²) in [6.45, 7) is 6.71. The maximum atomic E-state index is 11.3. The summed E-state index contributed by atoms with van der Waals surface area (Å²) in [5.41, 5.74) is 1.30. The van der Waals surface area contributed by atoms with Crippen molar-refractivity contribution in [2.75, 3.05) is 20.2 Å². The molecule has 0 unspecified atom stereocenters. The summed E-state index contributed by atoms with van der Waals surface area (Å²) in [7, 11) is 1.67. The van der Waals surface area contributed by atoms with E-state index in [-0.39, 0.29) is 5.91 Å². The standard InChI is InChI=1S/C16H23NO2/c1-4-12-17(14(2)18)13-6-5-7-15-8-10-16(19-3)11-9-15/h4,8-11H,1,5-7,12-13H2,2-3H3. The molecule has 0 N–H and O–H groups in total. The molecular weight excluding hydrogens is 238 g/mol. The monoisotopic (exact) mass is 261 g/mol. The number of carbonyl (C=O) groups is 1. The van der Waals surface area contributed by atoms with Gasteiger partial charge in [0.15, 0.2) is 0 Å². The van der Waals surface area contributed by atoms with Crippen molar-refractivity contribution in [1.29, 1.82) is 0 Å². The zero-order valence-corrected chi connectivity index (χ0v) is 11.9. The average molecular weight is 261 g/mol. The van der Waals surface area contributed by atoms with E-state index in [9.17, 15) is 4.79 Å². The number of ether oxygens (including phenoxy) is 1. The molecule has 0 aliphatic heterocycles. The summed E-state index contributed by atoms with van der Waals surface area (Å²) < 4.78 is 5.13. The van der Waals surface area contributed by atoms with E-state index in [0.717, 1.165) is 31.6 Å². The molecule has 0 atom stereocenters. The summed E-state index contributed by atoms with van der Waals surface area (Å²) in [5, 5.41) is 0. The molecule has 0 heterocycles. The lowest BCUT2D eigenvalue weighted by atomic mass is 10.1. The van der Waals surface area contributed by atoms with Crippen molar-refractivity contribution in [3.63, 3.8) is 0 Å². The smallest absolute Gasteiger partial charge is 0.219 e. The molecule has 1 amide bonds. The third-order valence-corrected chi connectivity index (χ3v) is 3.10. The molecule has 0 spiro atoms. The van der Waals surface area contributed by atoms with Crippen molar-refractivity contribution in [1.82, 2.24) is 4.90 Å². The Morgan fingerprint density at radius 1 is 1.32 bits per heavy atom. The van der Waals surface area contributed by atoms with E-state index in [1.54, 1.807) is 20.1 Å². The van der Waals surface area contributed by atoms with Gasteiger partial charge in [-0.1, -0.05) is 18.2 Å². The first kappa shape index (κ1) is 15.3. The van der Waals surface area contributed by atoms with Crippen LogP contribution in [0.4, 0.5) is 0 Å². The van der Waals surface area contributed by atoms with Crippen molar-refractivity contribution in [2.24, 2.45) is 0 Å². The van der Waals surface area contributed by atoms with Gasteiger partial charge in [-0.3, -0.25) is 4.79 Å². The van der Waals surface area contributed by atoms with Crippen LogP contribution < -0.4 is 4.74 Å². The van der Waals surface area contributed by atoms with E-state index < -0.39 is 0 Å². The zero-order chi connectivity index (χ0) is 14.1. The number of carbonyl (C=O) groups excluding carboxylic acids is 1. The summed E-state index contributed by atoms with van der Waals surface area (Å²) in [6, 6.07) is 8.14. The highest BCUT2D eigenvalue weighted by atomic mass is 16.5. The highest BCUT2D eigenvalue weighted by Crippen LogP contribution is 2.13. The van der Waals surface area contributed by atoms with E-state index in [1.165, 1.54) is 5.56 Å². The lowest BCUT2D eigenvalue weighted by Gasteiger charge is -2.18. The first-order valence-corrected chi connectivity index (χ1v) is 6.66. The number of unbranched alkanes of at least 4 members (excludes halogenated alkanes) is 1. The molecule has 104 valence electrons. The minimum atomic E-state index is 0.115. The maximum Gasteiger partial charge on any atom is 0.219 e. The number of rotatable bonds is 8. The van der Waals surface area contributed by atoms with Gasteiger partial charge in [0.2, 0.25) is 5.91 Å². The Hall–Kier alpha value is -1.77. The van der Waals surface area contributed by atoms with Crippen LogP contribution in [0, 0.1) is 0 Å². The topological polar surface area (TPSA) is 29.5 Å². The van der Waals surface area contributed by atoms with Crippen molar-refractivity contribution in [2.45, 2.75) is 26.2 Å². The molecule has 0 saturated heterocycles. The number of benzene rings is 1. The number of methoxy groups -OCH3 is 1. The summed E-state index contributed by atoms with van der Waals surface area (Å²) in [6.07, 6.45) is 4.89. The number of hydrogen-bond donors (Lipinski definition) is 0. The van der Waals surface area contributed by atoms with E-state index in [4.69, 9.17) is 4.74 Å². The van der Waals surface area contributed by atoms with Gasteiger partial charge in [-0.2, -0.15) is 0 Å². The van der Waals surface area contributed by atoms with E-state index in [2.05, 4.69) is 18.7 Å². The predicted octanol–water partition coefficient (Wildman–Crippen LogP) is 3.05. The normalized spacial score (nSPS) is 10.0. The zero-order valence-electron chi connectivity index (χ0n) is 11.9. The number of aryl methyl sites for hydroxylation is 1. The van der Waals surface area contributed by atoms with Gasteiger partial charge in [0.1, 0.15) is 5.75 Å². The van der Waals surface area contributed by atoms with Gasteiger partial charge in [-0.25, -0.2) is 0 Å². The van der Waals surface area contributed by atoms with Crippen LogP contribution in [0.25, 0.3) is 0 Å². The first-order valence-electron chi connectivity index (χ1n) is 6.66. The quantitative estimate of drug-likeness (QED) is 0.531. The highest BCUT2D eigenvalue weighted by molar-refractivity contribution is 5.73. The maximum absolute atomic E-state index is 11.3. The molecule has 1 aromatic carbocycles. The summed E-state index contributed by atoms with van der Waals surface area (Å²) in [5.74, 6) is 1.00. The van der Waals surface area contributed by atoms with Crippen molar-refractivity contribution < 1.29 is 9.53 Å². The highest BCUT2D eigenvalue weighted by Gasteiger charge is 2.05. The van der Waals surface area contributed by atoms with Crippen LogP contribution in [-0.2, 0) is 11.2 Å². The van der Waals surface area contributed by atoms with Crippen LogP contribution in [0.1, 0.15) is 25.3 Å². The van der Waals surface area contributed by atoms with Crippen molar-refractivity contribution in [3.05, 3.63) is 42.5 Å². The van der Waals surface area contributed by atoms with Gasteiger partial charge in [-0.05, 0) is 37.0 Å². The number of amides is 1. The van der Waals surface area contributed by atoms with E-state index in [0.29, 0.717) is 6.54 Å². The van der Waals surface area contributed by atoms with Gasteiger partial charge < -0.3 is 9.64 Å². The Balaban J connectivity index is 2.29. The van der Waals surface area contributed by atoms with Crippen LogP contribution in [0.3, 0.4) is 0 Å². The van der Waals surface area contributed by atoms with E-state index >= 15 is 0 Å². The molecule has 0 aromatic heterocycles. The molecule has 1 aromatic rings. The van der Waals surface area contributed by atoms with E-state index in [1.807, 2.05) is 17.0 Å². The second-order valence-electron chi connectivity index (χ2n) is 4.56. The minimum Gasteiger partial charge on any atom is -0.497 e. The second kappa shape index (κ2) is 8.35. The van der Waals surface area contributed by atoms with Crippen molar-refractivity contribution in [3.8, 4) is 5.75 Å². The second-order valence-corrected chi connectivity index (χ2v) is 4.56. The summed E-state index contributed by atoms with van der Waals surface area (Å²) in [4.78, 5) is 13.2. The molecule has 0 saturated carbocycles. The van der Waals surface area contributed by atoms with Gasteiger partial charge >= 0.3 is 0 Å². The number of hydrogen-bond acceptors (Lipinski definition) is 2. The molecule has 0 aliphatic rings. The Morgan fingerprint density at radius 3 is 2.53 bits per heavy atom. The Morgan fingerprint density at radius 2 is 2.00 bits per heavy atom. The Bertz CT molecular complexity index is 398. The fourth-order valence-electron chi connectivity index (χ4n) is 1.96. The van der Waals surface area contributed by atoms with Gasteiger partial charge in [0.25, 0.3) is 0 Å². The van der Waals surface area contributed by atoms with Crippen LogP contribution in [-0.4, -0.2) is 31.0 Å². The molecule has 19 heavy (non-hydrogen) atoms. The lowest BCUT2D eigenvalue weighted by Crippen LogP contribution is -2.29. The number of nitrogens with zero attached hydrogens (tertiary/aromatic N) is 1. The first-order chi connectivity index (χ1) is 9.17. The summed E-state index contributed by atoms with van der Waals surface area (Å²) >= 11 is 0. The van der Waals surface area contributed by atoms with Crippen LogP contribution in [0.2, 0.25) is 0 Å². The molecular formula is C16H23NO2. The molecule has 1 rings (SSSR count). The molecule has 3 nitrogen and oxygen atoms in total. The SMILES string of the molecule is C=CCN(CCCCc1ccc(OC)cc1)C(C)=O. The van der Waals surface area contributed by atoms with Gasteiger partial charge in [0.05, 0.1) is 7.11 Å². The van der Waals surface area contributed by atoms with Crippen LogP contribution in [0.5, 0.6) is 5.75 Å². The fourth-order valence-corrected chi connectivity index (χ4v) is 1.96. The molecule has 0 aliphatic carbocycles. The van der Waals surface area contributed by atoms with Gasteiger partial charge in [-0.15, -0.1) is 6.58 Å².